The maximum absolute atomic E-state index is 12.7. The van der Waals surface area contributed by atoms with Crippen LogP contribution in [0.1, 0.15) is 25.0 Å². The number of halogens is 1. The Balaban J connectivity index is 1.57. The summed E-state index contributed by atoms with van der Waals surface area (Å²) in [5, 5.41) is 15.5. The van der Waals surface area contributed by atoms with Crippen molar-refractivity contribution in [1.29, 1.82) is 0 Å². The van der Waals surface area contributed by atoms with E-state index in [-0.39, 0.29) is 17.9 Å². The number of hydrogen-bond acceptors (Lipinski definition) is 6. The summed E-state index contributed by atoms with van der Waals surface area (Å²) in [6, 6.07) is 10.2. The fraction of sp³-hybridized carbons (Fsp3) is 0.259. The number of carbonyl (C=O) groups excluding carboxylic acids is 2. The number of nitrogens with one attached hydrogen (secondary N) is 2. The van der Waals surface area contributed by atoms with Crippen molar-refractivity contribution >= 4 is 55.7 Å². The highest BCUT2D eigenvalue weighted by Crippen LogP contribution is 2.35. The molecule has 2 heterocycles. The van der Waals surface area contributed by atoms with E-state index in [1.807, 2.05) is 30.3 Å². The summed E-state index contributed by atoms with van der Waals surface area (Å²) in [4.78, 5) is 48.6. The lowest BCUT2D eigenvalue weighted by Crippen LogP contribution is -2.48. The lowest BCUT2D eigenvalue weighted by atomic mass is 9.99. The average molecular weight is 569 g/mol. The third-order valence-electron chi connectivity index (χ3n) is 6.17. The zero-order valence-electron chi connectivity index (χ0n) is 20.4. The van der Waals surface area contributed by atoms with Gasteiger partial charge in [-0.3, -0.25) is 9.59 Å². The number of rotatable bonds is 8. The van der Waals surface area contributed by atoms with Crippen LogP contribution in [0.2, 0.25) is 0 Å². The minimum absolute atomic E-state index is 0.170. The second-order valence-corrected chi connectivity index (χ2v) is 9.99. The fourth-order valence-corrected chi connectivity index (χ4v) is 4.37. The topological polar surface area (TPSA) is 139 Å². The number of hydrogen-bond donors (Lipinski definition) is 3. The minimum Gasteiger partial charge on any atom is -0.480 e. The van der Waals surface area contributed by atoms with E-state index in [9.17, 15) is 24.3 Å². The molecule has 0 unspecified atom stereocenters. The third kappa shape index (κ3) is 5.59. The second-order valence-electron chi connectivity index (χ2n) is 9.07. The number of carboxylic acids is 1. The predicted molar refractivity (Wildman–Crippen MR) is 141 cm³/mol. The lowest BCUT2D eigenvalue weighted by Gasteiger charge is -2.18. The SMILES string of the molecule is Cc1c(CC(=O)NCC(=O)N[C@H](C(=O)O)C(C)C)c(=O)oc2cc3occ(-c4ccc(Br)cc4)c3cc12. The molecule has 0 aliphatic rings. The molecule has 10 heteroatoms. The minimum atomic E-state index is -1.16. The number of carbonyl (C=O) groups is 3. The molecule has 0 spiro atoms. The Bertz CT molecular complexity index is 1570. The highest BCUT2D eigenvalue weighted by atomic mass is 79.9. The number of amides is 2. The van der Waals surface area contributed by atoms with Crippen LogP contribution in [0.5, 0.6) is 0 Å². The number of furan rings is 1. The molecule has 2 amide bonds. The molecule has 4 aromatic rings. The summed E-state index contributed by atoms with van der Waals surface area (Å²) in [5.74, 6) is -2.69. The Morgan fingerprint density at radius 2 is 1.73 bits per heavy atom. The molecule has 3 N–H and O–H groups in total. The Morgan fingerprint density at radius 1 is 1.03 bits per heavy atom. The van der Waals surface area contributed by atoms with Gasteiger partial charge < -0.3 is 24.6 Å². The van der Waals surface area contributed by atoms with Crippen molar-refractivity contribution < 1.29 is 28.3 Å². The zero-order valence-corrected chi connectivity index (χ0v) is 22.0. The largest absolute Gasteiger partial charge is 0.480 e. The molecule has 0 saturated heterocycles. The summed E-state index contributed by atoms with van der Waals surface area (Å²) in [6.45, 7) is 4.65. The van der Waals surface area contributed by atoms with Crippen LogP contribution < -0.4 is 16.3 Å². The fourth-order valence-electron chi connectivity index (χ4n) is 4.11. The van der Waals surface area contributed by atoms with Gasteiger partial charge in [0.05, 0.1) is 24.8 Å². The molecule has 0 bridgehead atoms. The monoisotopic (exact) mass is 568 g/mol. The van der Waals surface area contributed by atoms with Gasteiger partial charge >= 0.3 is 11.6 Å². The summed E-state index contributed by atoms with van der Waals surface area (Å²) in [5.41, 5.74) is 2.83. The summed E-state index contributed by atoms with van der Waals surface area (Å²) in [7, 11) is 0. The molecule has 0 aliphatic carbocycles. The van der Waals surface area contributed by atoms with Gasteiger partial charge in [-0.2, -0.15) is 0 Å². The van der Waals surface area contributed by atoms with E-state index in [0.29, 0.717) is 22.1 Å². The summed E-state index contributed by atoms with van der Waals surface area (Å²) in [6.07, 6.45) is 1.35. The number of aliphatic carboxylic acids is 1. The molecule has 1 atom stereocenters. The molecule has 0 radical (unpaired) electrons. The highest BCUT2D eigenvalue weighted by Gasteiger charge is 2.24. The maximum Gasteiger partial charge on any atom is 0.340 e. The van der Waals surface area contributed by atoms with Crippen LogP contribution in [0, 0.1) is 12.8 Å². The zero-order chi connectivity index (χ0) is 26.9. The Morgan fingerprint density at radius 3 is 2.38 bits per heavy atom. The molecule has 0 aliphatic heterocycles. The standard InChI is InChI=1S/C27H25BrN2O7/c1-13(2)25(26(33)34)30-24(32)11-29-23(31)9-18-14(3)17-8-19-20(15-4-6-16(28)7-5-15)12-36-21(19)10-22(17)37-27(18)35/h4-8,10,12-13,25H,9,11H2,1-3H3,(H,29,31)(H,30,32)(H,33,34)/t25-/m0/s1. The van der Waals surface area contributed by atoms with Gasteiger partial charge in [0.2, 0.25) is 11.8 Å². The lowest BCUT2D eigenvalue weighted by molar-refractivity contribution is -0.143. The molecule has 9 nitrogen and oxygen atoms in total. The predicted octanol–water partition coefficient (Wildman–Crippen LogP) is 4.16. The summed E-state index contributed by atoms with van der Waals surface area (Å²) < 4.78 is 12.2. The molecular formula is C27H25BrN2O7. The Labute approximate surface area is 220 Å². The van der Waals surface area contributed by atoms with Gasteiger partial charge in [-0.15, -0.1) is 0 Å². The molecule has 4 rings (SSSR count). The first-order chi connectivity index (χ1) is 17.5. The van der Waals surface area contributed by atoms with Crippen LogP contribution in [-0.4, -0.2) is 35.5 Å². The van der Waals surface area contributed by atoms with E-state index in [1.165, 1.54) is 0 Å². The van der Waals surface area contributed by atoms with Gasteiger partial charge in [-0.1, -0.05) is 41.9 Å². The van der Waals surface area contributed by atoms with Crippen molar-refractivity contribution in [3.8, 4) is 11.1 Å². The van der Waals surface area contributed by atoms with Crippen molar-refractivity contribution in [2.75, 3.05) is 6.54 Å². The van der Waals surface area contributed by atoms with Crippen molar-refractivity contribution in [1.82, 2.24) is 10.6 Å². The van der Waals surface area contributed by atoms with E-state index in [2.05, 4.69) is 26.6 Å². The van der Waals surface area contributed by atoms with Gasteiger partial charge in [-0.25, -0.2) is 9.59 Å². The van der Waals surface area contributed by atoms with Gasteiger partial charge in [0, 0.05) is 26.9 Å². The quantitative estimate of drug-likeness (QED) is 0.271. The highest BCUT2D eigenvalue weighted by molar-refractivity contribution is 9.10. The van der Waals surface area contributed by atoms with Crippen molar-refractivity contribution in [3.05, 3.63) is 68.7 Å². The summed E-state index contributed by atoms with van der Waals surface area (Å²) >= 11 is 3.43. The first-order valence-corrected chi connectivity index (χ1v) is 12.4. The normalized spacial score (nSPS) is 12.1. The van der Waals surface area contributed by atoms with Crippen molar-refractivity contribution in [2.24, 2.45) is 5.92 Å². The molecule has 0 fully saturated rings. The van der Waals surface area contributed by atoms with Crippen LogP contribution >= 0.6 is 15.9 Å². The molecule has 2 aromatic carbocycles. The Hall–Kier alpha value is -3.92. The van der Waals surface area contributed by atoms with E-state index in [4.69, 9.17) is 8.83 Å². The molecule has 37 heavy (non-hydrogen) atoms. The van der Waals surface area contributed by atoms with Gasteiger partial charge in [0.15, 0.2) is 0 Å². The van der Waals surface area contributed by atoms with Crippen molar-refractivity contribution in [3.63, 3.8) is 0 Å². The second kappa shape index (κ2) is 10.6. The van der Waals surface area contributed by atoms with E-state index in [1.54, 1.807) is 33.1 Å². The van der Waals surface area contributed by atoms with Crippen LogP contribution in [0.3, 0.4) is 0 Å². The van der Waals surface area contributed by atoms with E-state index < -0.39 is 36.0 Å². The molecule has 2 aromatic heterocycles. The number of benzene rings is 2. The number of fused-ring (bicyclic) bond motifs is 2. The van der Waals surface area contributed by atoms with Gasteiger partial charge in [-0.05, 0) is 42.2 Å². The molecular weight excluding hydrogens is 544 g/mol. The van der Waals surface area contributed by atoms with E-state index >= 15 is 0 Å². The first kappa shape index (κ1) is 26.2. The molecule has 0 saturated carbocycles. The van der Waals surface area contributed by atoms with Crippen LogP contribution in [0.15, 0.2) is 60.8 Å². The third-order valence-corrected chi connectivity index (χ3v) is 6.70. The Kier molecular flexibility index (Phi) is 7.49. The van der Waals surface area contributed by atoms with E-state index in [0.717, 1.165) is 21.0 Å². The smallest absolute Gasteiger partial charge is 0.340 e. The number of carboxylic acid groups (broad SMARTS) is 1. The number of aryl methyl sites for hydroxylation is 1. The van der Waals surface area contributed by atoms with Gasteiger partial charge in [0.1, 0.15) is 17.2 Å². The average Bonchev–Trinajstić information content (AvgIpc) is 3.25. The first-order valence-electron chi connectivity index (χ1n) is 11.6. The van der Waals surface area contributed by atoms with Crippen LogP contribution in [0.25, 0.3) is 33.1 Å². The van der Waals surface area contributed by atoms with Crippen LogP contribution in [0.4, 0.5) is 0 Å². The maximum atomic E-state index is 12.7. The van der Waals surface area contributed by atoms with Gasteiger partial charge in [0.25, 0.3) is 0 Å². The molecule has 192 valence electrons. The van der Waals surface area contributed by atoms with Crippen molar-refractivity contribution in [2.45, 2.75) is 33.2 Å². The van der Waals surface area contributed by atoms with Crippen LogP contribution in [-0.2, 0) is 20.8 Å².